The van der Waals surface area contributed by atoms with Gasteiger partial charge in [-0.1, -0.05) is 27.5 Å². The van der Waals surface area contributed by atoms with Crippen LogP contribution in [0.3, 0.4) is 0 Å². The number of rotatable bonds is 1. The van der Waals surface area contributed by atoms with E-state index in [1.165, 1.54) is 5.56 Å². The van der Waals surface area contributed by atoms with Gasteiger partial charge in [0.25, 0.3) is 0 Å². The Labute approximate surface area is 83.9 Å². The Morgan fingerprint density at radius 1 is 1.42 bits per heavy atom. The third-order valence-corrected chi connectivity index (χ3v) is 2.67. The van der Waals surface area contributed by atoms with E-state index in [-0.39, 0.29) is 0 Å². The molecule has 3 heteroatoms. The van der Waals surface area contributed by atoms with E-state index in [1.807, 2.05) is 24.4 Å². The highest BCUT2D eigenvalue weighted by molar-refractivity contribution is 9.08. The van der Waals surface area contributed by atoms with E-state index in [2.05, 4.69) is 20.9 Å². The maximum atomic E-state index is 5.92. The first-order valence-corrected chi connectivity index (χ1v) is 5.12. The summed E-state index contributed by atoms with van der Waals surface area (Å²) >= 11 is 9.34. The molecule has 0 atom stereocenters. The minimum atomic E-state index is 0.788. The van der Waals surface area contributed by atoms with Crippen LogP contribution >= 0.6 is 27.5 Å². The minimum absolute atomic E-state index is 0.788. The largest absolute Gasteiger partial charge is 0.361 e. The van der Waals surface area contributed by atoms with Crippen molar-refractivity contribution < 1.29 is 0 Å². The highest BCUT2D eigenvalue weighted by atomic mass is 79.9. The second-order valence-corrected chi connectivity index (χ2v) is 3.64. The lowest BCUT2D eigenvalue weighted by Gasteiger charge is -1.99. The lowest BCUT2D eigenvalue weighted by Crippen LogP contribution is -1.80. The third-order valence-electron chi connectivity index (χ3n) is 1.85. The summed E-state index contributed by atoms with van der Waals surface area (Å²) in [4.78, 5) is 3.18. The fourth-order valence-corrected chi connectivity index (χ4v) is 2.01. The molecular weight excluding hydrogens is 237 g/mol. The fraction of sp³-hybridized carbons (Fsp3) is 0.111. The molecule has 1 aromatic carbocycles. The summed E-state index contributed by atoms with van der Waals surface area (Å²) in [7, 11) is 0. The lowest BCUT2D eigenvalue weighted by molar-refractivity contribution is 1.40. The predicted octanol–water partition coefficient (Wildman–Crippen LogP) is 3.72. The molecule has 1 N–H and O–H groups in total. The summed E-state index contributed by atoms with van der Waals surface area (Å²) in [5.41, 5.74) is 2.36. The number of fused-ring (bicyclic) bond motifs is 1. The fourth-order valence-electron chi connectivity index (χ4n) is 1.31. The monoisotopic (exact) mass is 243 g/mol. The Hall–Kier alpha value is -0.470. The number of hydrogen-bond donors (Lipinski definition) is 1. The molecular formula is C9H7BrClN. The lowest BCUT2D eigenvalue weighted by atomic mass is 10.2. The molecule has 0 bridgehead atoms. The van der Waals surface area contributed by atoms with Crippen LogP contribution in [0.1, 0.15) is 5.56 Å². The third kappa shape index (κ3) is 1.25. The zero-order valence-corrected chi connectivity index (χ0v) is 8.61. The predicted molar refractivity (Wildman–Crippen MR) is 55.9 cm³/mol. The van der Waals surface area contributed by atoms with Gasteiger partial charge in [0.2, 0.25) is 0 Å². The second kappa shape index (κ2) is 3.11. The minimum Gasteiger partial charge on any atom is -0.361 e. The van der Waals surface area contributed by atoms with Crippen LogP contribution in [0.4, 0.5) is 0 Å². The van der Waals surface area contributed by atoms with Crippen molar-refractivity contribution in [3.63, 3.8) is 0 Å². The van der Waals surface area contributed by atoms with E-state index in [0.717, 1.165) is 21.3 Å². The molecule has 2 rings (SSSR count). The second-order valence-electron chi connectivity index (χ2n) is 2.64. The number of aromatic amines is 1. The zero-order chi connectivity index (χ0) is 8.55. The first kappa shape index (κ1) is 8.14. The van der Waals surface area contributed by atoms with Crippen LogP contribution in [0.25, 0.3) is 10.9 Å². The van der Waals surface area contributed by atoms with Gasteiger partial charge in [0.15, 0.2) is 0 Å². The van der Waals surface area contributed by atoms with Gasteiger partial charge < -0.3 is 4.98 Å². The van der Waals surface area contributed by atoms with Crippen LogP contribution in [-0.4, -0.2) is 4.98 Å². The van der Waals surface area contributed by atoms with Crippen molar-refractivity contribution >= 4 is 38.4 Å². The average molecular weight is 245 g/mol. The molecule has 0 radical (unpaired) electrons. The van der Waals surface area contributed by atoms with Gasteiger partial charge in [-0.25, -0.2) is 0 Å². The summed E-state index contributed by atoms with van der Waals surface area (Å²) < 4.78 is 0. The standard InChI is InChI=1S/C9H7BrClN/c10-5-7-4-8(11)3-6-1-2-12-9(6)7/h1-4,12H,5H2. The van der Waals surface area contributed by atoms with E-state index in [0.29, 0.717) is 0 Å². The van der Waals surface area contributed by atoms with E-state index in [1.54, 1.807) is 0 Å². The SMILES string of the molecule is Clc1cc(CBr)c2[nH]ccc2c1. The average Bonchev–Trinajstić information content (AvgIpc) is 2.50. The molecule has 0 unspecified atom stereocenters. The molecule has 0 spiro atoms. The number of nitrogens with one attached hydrogen (secondary N) is 1. The van der Waals surface area contributed by atoms with Crippen molar-refractivity contribution in [2.45, 2.75) is 5.33 Å². The van der Waals surface area contributed by atoms with Crippen LogP contribution in [0, 0.1) is 0 Å². The van der Waals surface area contributed by atoms with Gasteiger partial charge in [-0.3, -0.25) is 0 Å². The van der Waals surface area contributed by atoms with Gasteiger partial charge in [-0.05, 0) is 23.8 Å². The molecule has 2 aromatic rings. The van der Waals surface area contributed by atoms with Crippen LogP contribution in [0.15, 0.2) is 24.4 Å². The number of H-pyrrole nitrogens is 1. The number of benzene rings is 1. The van der Waals surface area contributed by atoms with Crippen molar-refractivity contribution in [3.8, 4) is 0 Å². The van der Waals surface area contributed by atoms with E-state index in [4.69, 9.17) is 11.6 Å². The van der Waals surface area contributed by atoms with Crippen LogP contribution in [-0.2, 0) is 5.33 Å². The molecule has 0 aliphatic carbocycles. The van der Waals surface area contributed by atoms with Crippen molar-refractivity contribution in [2.75, 3.05) is 0 Å². The number of alkyl halides is 1. The molecule has 0 saturated heterocycles. The van der Waals surface area contributed by atoms with Crippen molar-refractivity contribution in [3.05, 3.63) is 35.0 Å². The zero-order valence-electron chi connectivity index (χ0n) is 6.27. The van der Waals surface area contributed by atoms with Crippen LogP contribution in [0.5, 0.6) is 0 Å². The summed E-state index contributed by atoms with van der Waals surface area (Å²) in [6.45, 7) is 0. The van der Waals surface area contributed by atoms with Gasteiger partial charge >= 0.3 is 0 Å². The van der Waals surface area contributed by atoms with E-state index < -0.39 is 0 Å². The Kier molecular flexibility index (Phi) is 2.11. The molecule has 62 valence electrons. The normalized spacial score (nSPS) is 10.8. The Morgan fingerprint density at radius 2 is 2.25 bits per heavy atom. The molecule has 0 saturated carbocycles. The molecule has 0 aliphatic heterocycles. The van der Waals surface area contributed by atoms with Gasteiger partial charge in [-0.15, -0.1) is 0 Å². The molecule has 12 heavy (non-hydrogen) atoms. The molecule has 1 aromatic heterocycles. The van der Waals surface area contributed by atoms with Crippen LogP contribution in [0.2, 0.25) is 5.02 Å². The van der Waals surface area contributed by atoms with Crippen molar-refractivity contribution in [1.29, 1.82) is 0 Å². The smallest absolute Gasteiger partial charge is 0.0496 e. The molecule has 1 nitrogen and oxygen atoms in total. The quantitative estimate of drug-likeness (QED) is 0.736. The molecule has 1 heterocycles. The van der Waals surface area contributed by atoms with Gasteiger partial charge in [-0.2, -0.15) is 0 Å². The van der Waals surface area contributed by atoms with Gasteiger partial charge in [0.1, 0.15) is 0 Å². The van der Waals surface area contributed by atoms with Gasteiger partial charge in [0, 0.05) is 27.5 Å². The van der Waals surface area contributed by atoms with Crippen molar-refractivity contribution in [2.24, 2.45) is 0 Å². The summed E-state index contributed by atoms with van der Waals surface area (Å²) in [5, 5.41) is 2.78. The summed E-state index contributed by atoms with van der Waals surface area (Å²) in [6, 6.07) is 5.95. The maximum Gasteiger partial charge on any atom is 0.0496 e. The summed E-state index contributed by atoms with van der Waals surface area (Å²) in [6.07, 6.45) is 1.92. The van der Waals surface area contributed by atoms with Gasteiger partial charge in [0.05, 0.1) is 0 Å². The number of aromatic nitrogens is 1. The highest BCUT2D eigenvalue weighted by Crippen LogP contribution is 2.24. The van der Waals surface area contributed by atoms with E-state index >= 15 is 0 Å². The highest BCUT2D eigenvalue weighted by Gasteiger charge is 2.02. The maximum absolute atomic E-state index is 5.92. The van der Waals surface area contributed by atoms with Crippen molar-refractivity contribution in [1.82, 2.24) is 4.98 Å². The summed E-state index contributed by atoms with van der Waals surface area (Å²) in [5.74, 6) is 0. The number of halogens is 2. The topological polar surface area (TPSA) is 15.8 Å². The Bertz CT molecular complexity index is 408. The molecule has 0 amide bonds. The van der Waals surface area contributed by atoms with Crippen LogP contribution < -0.4 is 0 Å². The Balaban J connectivity index is 2.80. The first-order valence-electron chi connectivity index (χ1n) is 3.63. The van der Waals surface area contributed by atoms with E-state index in [9.17, 15) is 0 Å². The number of hydrogen-bond acceptors (Lipinski definition) is 0. The molecule has 0 aliphatic rings. The first-order chi connectivity index (χ1) is 5.81. The molecule has 0 fully saturated rings. The Morgan fingerprint density at radius 3 is 3.00 bits per heavy atom.